The molecule has 2 nitrogen and oxygen atoms in total. The zero-order valence-corrected chi connectivity index (χ0v) is 12.6. The van der Waals surface area contributed by atoms with Gasteiger partial charge in [-0.05, 0) is 43.5 Å². The largest absolute Gasteiger partial charge is 0.330 e. The van der Waals surface area contributed by atoms with Crippen molar-refractivity contribution in [3.63, 3.8) is 0 Å². The molecule has 18 heavy (non-hydrogen) atoms. The van der Waals surface area contributed by atoms with Crippen LogP contribution in [-0.2, 0) is 6.54 Å². The van der Waals surface area contributed by atoms with Crippen molar-refractivity contribution >= 4 is 35.6 Å². The molecule has 0 aliphatic carbocycles. The number of nitrogens with zero attached hydrogens (tertiary/aromatic N) is 1. The lowest BCUT2D eigenvalue weighted by Crippen LogP contribution is -2.37. The van der Waals surface area contributed by atoms with Gasteiger partial charge in [0.05, 0.1) is 10.0 Å². The number of halogens is 3. The summed E-state index contributed by atoms with van der Waals surface area (Å²) in [5.74, 6) is 0.627. The van der Waals surface area contributed by atoms with Gasteiger partial charge in [-0.2, -0.15) is 0 Å². The standard InChI is InChI=1S/C13H18Cl2N2.ClH/c14-12-5-1-4-11(13(12)15)9-17-6-2-3-10(7-16)8-17;/h1,4-5,10H,2-3,6-9,16H2;1H. The van der Waals surface area contributed by atoms with Crippen LogP contribution in [0, 0.1) is 5.92 Å². The summed E-state index contributed by atoms with van der Waals surface area (Å²) in [6.07, 6.45) is 2.47. The first kappa shape index (κ1) is 16.1. The van der Waals surface area contributed by atoms with Gasteiger partial charge in [-0.15, -0.1) is 12.4 Å². The molecule has 1 unspecified atom stereocenters. The van der Waals surface area contributed by atoms with Crippen molar-refractivity contribution in [3.8, 4) is 0 Å². The van der Waals surface area contributed by atoms with Gasteiger partial charge in [-0.25, -0.2) is 0 Å². The van der Waals surface area contributed by atoms with Crippen LogP contribution in [0.4, 0.5) is 0 Å². The second-order valence-corrected chi connectivity index (χ2v) is 5.48. The van der Waals surface area contributed by atoms with Crippen LogP contribution in [0.3, 0.4) is 0 Å². The molecule has 5 heteroatoms. The first-order valence-corrected chi connectivity index (χ1v) is 6.81. The van der Waals surface area contributed by atoms with E-state index in [1.54, 1.807) is 0 Å². The predicted molar refractivity (Wildman–Crippen MR) is 80.8 cm³/mol. The zero-order chi connectivity index (χ0) is 12.3. The average Bonchev–Trinajstić information content (AvgIpc) is 2.35. The first-order chi connectivity index (χ1) is 8.20. The van der Waals surface area contributed by atoms with Crippen LogP contribution >= 0.6 is 35.6 Å². The highest BCUT2D eigenvalue weighted by Gasteiger charge is 2.19. The average molecular weight is 310 g/mol. The van der Waals surface area contributed by atoms with Gasteiger partial charge >= 0.3 is 0 Å². The lowest BCUT2D eigenvalue weighted by Gasteiger charge is -2.32. The lowest BCUT2D eigenvalue weighted by molar-refractivity contribution is 0.171. The normalized spacial score (nSPS) is 20.5. The van der Waals surface area contributed by atoms with E-state index in [0.717, 1.165) is 31.7 Å². The molecule has 0 radical (unpaired) electrons. The number of nitrogens with two attached hydrogens (primary N) is 1. The fraction of sp³-hybridized carbons (Fsp3) is 0.538. The fourth-order valence-corrected chi connectivity index (χ4v) is 2.78. The molecular weight excluding hydrogens is 291 g/mol. The van der Waals surface area contributed by atoms with Gasteiger partial charge in [0.25, 0.3) is 0 Å². The number of piperidine rings is 1. The molecule has 2 N–H and O–H groups in total. The van der Waals surface area contributed by atoms with Gasteiger partial charge in [-0.3, -0.25) is 4.90 Å². The Kier molecular flexibility index (Phi) is 6.75. The summed E-state index contributed by atoms with van der Waals surface area (Å²) < 4.78 is 0. The lowest BCUT2D eigenvalue weighted by atomic mass is 9.98. The van der Waals surface area contributed by atoms with Crippen molar-refractivity contribution in [2.45, 2.75) is 19.4 Å². The Balaban J connectivity index is 0.00000162. The van der Waals surface area contributed by atoms with E-state index in [0.29, 0.717) is 16.0 Å². The van der Waals surface area contributed by atoms with E-state index in [-0.39, 0.29) is 12.4 Å². The molecule has 1 aliphatic heterocycles. The maximum absolute atomic E-state index is 6.20. The van der Waals surface area contributed by atoms with E-state index in [9.17, 15) is 0 Å². The molecule has 0 saturated carbocycles. The summed E-state index contributed by atoms with van der Waals surface area (Å²) >= 11 is 12.2. The molecule has 0 spiro atoms. The highest BCUT2D eigenvalue weighted by molar-refractivity contribution is 6.42. The fourth-order valence-electron chi connectivity index (χ4n) is 2.40. The smallest absolute Gasteiger partial charge is 0.0637 e. The molecule has 1 atom stereocenters. The van der Waals surface area contributed by atoms with Crippen molar-refractivity contribution in [1.82, 2.24) is 4.90 Å². The van der Waals surface area contributed by atoms with Crippen LogP contribution in [0.25, 0.3) is 0 Å². The third-order valence-corrected chi connectivity index (χ3v) is 4.22. The molecule has 1 fully saturated rings. The maximum atomic E-state index is 6.20. The minimum atomic E-state index is 0. The van der Waals surface area contributed by atoms with Crippen molar-refractivity contribution in [3.05, 3.63) is 33.8 Å². The van der Waals surface area contributed by atoms with E-state index in [1.807, 2.05) is 18.2 Å². The van der Waals surface area contributed by atoms with E-state index < -0.39 is 0 Å². The molecule has 1 heterocycles. The van der Waals surface area contributed by atoms with Gasteiger partial charge < -0.3 is 5.73 Å². The second kappa shape index (κ2) is 7.56. The molecule has 0 amide bonds. The van der Waals surface area contributed by atoms with Crippen LogP contribution in [0.2, 0.25) is 10.0 Å². The molecule has 0 bridgehead atoms. The first-order valence-electron chi connectivity index (χ1n) is 6.06. The number of rotatable bonds is 3. The molecule has 2 rings (SSSR count). The van der Waals surface area contributed by atoms with Crippen molar-refractivity contribution in [2.75, 3.05) is 19.6 Å². The summed E-state index contributed by atoms with van der Waals surface area (Å²) in [5.41, 5.74) is 6.85. The number of benzene rings is 1. The second-order valence-electron chi connectivity index (χ2n) is 4.69. The molecule has 1 saturated heterocycles. The number of hydrogen-bond donors (Lipinski definition) is 1. The van der Waals surface area contributed by atoms with Crippen LogP contribution in [-0.4, -0.2) is 24.5 Å². The zero-order valence-electron chi connectivity index (χ0n) is 10.2. The maximum Gasteiger partial charge on any atom is 0.0637 e. The number of likely N-dealkylation sites (tertiary alicyclic amines) is 1. The summed E-state index contributed by atoms with van der Waals surface area (Å²) in [5, 5.41) is 1.32. The van der Waals surface area contributed by atoms with Gasteiger partial charge in [0.1, 0.15) is 0 Å². The Morgan fingerprint density at radius 2 is 2.11 bits per heavy atom. The van der Waals surface area contributed by atoms with Gasteiger partial charge in [0, 0.05) is 13.1 Å². The molecule has 102 valence electrons. The Morgan fingerprint density at radius 3 is 2.83 bits per heavy atom. The summed E-state index contributed by atoms with van der Waals surface area (Å²) in [4.78, 5) is 2.42. The third kappa shape index (κ3) is 4.01. The predicted octanol–water partition coefficient (Wildman–Crippen LogP) is 3.59. The summed E-state index contributed by atoms with van der Waals surface area (Å²) in [7, 11) is 0. The van der Waals surface area contributed by atoms with E-state index in [4.69, 9.17) is 28.9 Å². The molecular formula is C13H19Cl3N2. The monoisotopic (exact) mass is 308 g/mol. The topological polar surface area (TPSA) is 29.3 Å². The van der Waals surface area contributed by atoms with Crippen LogP contribution in [0.15, 0.2) is 18.2 Å². The molecule has 0 aromatic heterocycles. The van der Waals surface area contributed by atoms with E-state index >= 15 is 0 Å². The van der Waals surface area contributed by atoms with Crippen molar-refractivity contribution < 1.29 is 0 Å². The molecule has 1 aromatic rings. The van der Waals surface area contributed by atoms with Crippen LogP contribution in [0.1, 0.15) is 18.4 Å². The third-order valence-electron chi connectivity index (χ3n) is 3.36. The van der Waals surface area contributed by atoms with Crippen LogP contribution < -0.4 is 5.73 Å². The summed E-state index contributed by atoms with van der Waals surface area (Å²) in [6, 6.07) is 5.82. The van der Waals surface area contributed by atoms with E-state index in [1.165, 1.54) is 12.8 Å². The van der Waals surface area contributed by atoms with Crippen molar-refractivity contribution in [2.24, 2.45) is 11.7 Å². The highest BCUT2D eigenvalue weighted by atomic mass is 35.5. The highest BCUT2D eigenvalue weighted by Crippen LogP contribution is 2.27. The quantitative estimate of drug-likeness (QED) is 0.924. The SMILES string of the molecule is Cl.NCC1CCCN(Cc2cccc(Cl)c2Cl)C1. The van der Waals surface area contributed by atoms with Crippen LogP contribution in [0.5, 0.6) is 0 Å². The Hall–Kier alpha value is 0.01000. The molecule has 1 aliphatic rings. The summed E-state index contributed by atoms with van der Waals surface area (Å²) in [6.45, 7) is 3.84. The molecule has 1 aromatic carbocycles. The number of hydrogen-bond acceptors (Lipinski definition) is 2. The van der Waals surface area contributed by atoms with Crippen molar-refractivity contribution in [1.29, 1.82) is 0 Å². The van der Waals surface area contributed by atoms with Gasteiger partial charge in [0.15, 0.2) is 0 Å². The Labute approximate surface area is 125 Å². The Morgan fingerprint density at radius 1 is 1.33 bits per heavy atom. The van der Waals surface area contributed by atoms with E-state index in [2.05, 4.69) is 4.90 Å². The minimum Gasteiger partial charge on any atom is -0.330 e. The Bertz CT molecular complexity index is 384. The van der Waals surface area contributed by atoms with Gasteiger partial charge in [0.2, 0.25) is 0 Å². The minimum absolute atomic E-state index is 0. The van der Waals surface area contributed by atoms with Gasteiger partial charge in [-0.1, -0.05) is 35.3 Å².